The molecule has 2 rings (SSSR count). The van der Waals surface area contributed by atoms with Crippen molar-refractivity contribution >= 4 is 58.9 Å². The van der Waals surface area contributed by atoms with Crippen molar-refractivity contribution in [2.24, 2.45) is 0 Å². The summed E-state index contributed by atoms with van der Waals surface area (Å²) in [5.41, 5.74) is 1.51. The number of sulfonamides is 1. The van der Waals surface area contributed by atoms with Gasteiger partial charge in [-0.1, -0.05) is 15.9 Å². The normalized spacial score (nSPS) is 11.6. The third kappa shape index (κ3) is 4.29. The van der Waals surface area contributed by atoms with Gasteiger partial charge in [-0.25, -0.2) is 8.42 Å². The van der Waals surface area contributed by atoms with E-state index < -0.39 is 10.0 Å². The number of halogens is 2. The van der Waals surface area contributed by atoms with Crippen LogP contribution in [0.2, 0.25) is 0 Å². The average Bonchev–Trinajstić information content (AvgIpc) is 2.69. The molecule has 0 amide bonds. The minimum absolute atomic E-state index is 0.260. The van der Waals surface area contributed by atoms with E-state index in [-0.39, 0.29) is 4.90 Å². The number of rotatable bonds is 5. The zero-order valence-corrected chi connectivity index (χ0v) is 16.2. The number of benzene rings is 1. The lowest BCUT2D eigenvalue weighted by atomic mass is 10.2. The van der Waals surface area contributed by atoms with Gasteiger partial charge in [0.2, 0.25) is 0 Å². The van der Waals surface area contributed by atoms with E-state index in [1.165, 1.54) is 11.3 Å². The van der Waals surface area contributed by atoms with Gasteiger partial charge in [0.05, 0.1) is 9.47 Å². The minimum atomic E-state index is -3.61. The second-order valence-corrected chi connectivity index (χ2v) is 9.52. The van der Waals surface area contributed by atoms with E-state index in [1.54, 1.807) is 18.2 Å². The molecule has 1 aromatic heterocycles. The van der Waals surface area contributed by atoms with Gasteiger partial charge in [-0.15, -0.1) is 11.3 Å². The van der Waals surface area contributed by atoms with Crippen LogP contribution < -0.4 is 10.0 Å². The fourth-order valence-electron chi connectivity index (χ4n) is 1.85. The Morgan fingerprint density at radius 2 is 1.90 bits per heavy atom. The Morgan fingerprint density at radius 3 is 2.52 bits per heavy atom. The van der Waals surface area contributed by atoms with Crippen LogP contribution in [0.15, 0.2) is 37.4 Å². The average molecular weight is 454 g/mol. The molecule has 2 N–H and O–H groups in total. The summed E-state index contributed by atoms with van der Waals surface area (Å²) in [5, 5.41) is 3.01. The van der Waals surface area contributed by atoms with Crippen LogP contribution in [0.3, 0.4) is 0 Å². The van der Waals surface area contributed by atoms with E-state index in [9.17, 15) is 8.42 Å². The molecule has 2 aromatic rings. The summed E-state index contributed by atoms with van der Waals surface area (Å²) in [5.74, 6) is 0. The maximum absolute atomic E-state index is 12.5. The van der Waals surface area contributed by atoms with Crippen LogP contribution in [0.5, 0.6) is 0 Å². The van der Waals surface area contributed by atoms with Gasteiger partial charge < -0.3 is 5.32 Å². The molecule has 1 aromatic carbocycles. The molecule has 114 valence electrons. The van der Waals surface area contributed by atoms with Crippen LogP contribution >= 0.6 is 43.2 Å². The largest absolute Gasteiger partial charge is 0.315 e. The first-order chi connectivity index (χ1) is 9.81. The molecule has 4 nitrogen and oxygen atoms in total. The predicted molar refractivity (Wildman–Crippen MR) is 94.5 cm³/mol. The summed E-state index contributed by atoms with van der Waals surface area (Å²) < 4.78 is 29.0. The molecule has 0 spiro atoms. The van der Waals surface area contributed by atoms with E-state index in [2.05, 4.69) is 41.9 Å². The van der Waals surface area contributed by atoms with Gasteiger partial charge in [0, 0.05) is 15.9 Å². The molecular formula is C13H14Br2N2O2S2. The summed E-state index contributed by atoms with van der Waals surface area (Å²) in [7, 11) is -1.79. The Hall–Kier alpha value is -0.410. The summed E-state index contributed by atoms with van der Waals surface area (Å²) in [6.07, 6.45) is 0. The molecule has 0 fully saturated rings. The van der Waals surface area contributed by atoms with Crippen LogP contribution in [0.1, 0.15) is 10.4 Å². The van der Waals surface area contributed by atoms with Gasteiger partial charge in [0.25, 0.3) is 10.0 Å². The molecule has 0 aliphatic heterocycles. The van der Waals surface area contributed by atoms with E-state index in [1.807, 2.05) is 20.0 Å². The van der Waals surface area contributed by atoms with Gasteiger partial charge in [-0.3, -0.25) is 4.72 Å². The van der Waals surface area contributed by atoms with Crippen molar-refractivity contribution in [3.63, 3.8) is 0 Å². The van der Waals surface area contributed by atoms with Crippen molar-refractivity contribution in [3.8, 4) is 0 Å². The molecule has 0 atom stereocenters. The topological polar surface area (TPSA) is 58.2 Å². The fraction of sp³-hybridized carbons (Fsp3) is 0.231. The monoisotopic (exact) mass is 452 g/mol. The maximum atomic E-state index is 12.5. The molecule has 0 bridgehead atoms. The van der Waals surface area contributed by atoms with Crippen molar-refractivity contribution in [1.29, 1.82) is 0 Å². The molecule has 0 saturated heterocycles. The molecule has 8 heteroatoms. The third-order valence-electron chi connectivity index (χ3n) is 2.64. The highest BCUT2D eigenvalue weighted by Gasteiger charge is 2.21. The standard InChI is InChI=1S/C13H14Br2N2O2S2/c1-8-3-9(14)5-10(4-8)17-21(18,19)12-6-11(7-16-2)20-13(12)15/h3-6,16-17H,7H2,1-2H3. The zero-order valence-electron chi connectivity index (χ0n) is 11.4. The predicted octanol–water partition coefficient (Wildman–Crippen LogP) is 4.10. The van der Waals surface area contributed by atoms with E-state index in [0.717, 1.165) is 14.9 Å². The Balaban J connectivity index is 2.33. The highest BCUT2D eigenvalue weighted by Crippen LogP contribution is 2.33. The molecule has 0 unspecified atom stereocenters. The lowest BCUT2D eigenvalue weighted by Crippen LogP contribution is -2.13. The van der Waals surface area contributed by atoms with Gasteiger partial charge in [0.15, 0.2) is 0 Å². The summed E-state index contributed by atoms with van der Waals surface area (Å²) >= 11 is 8.10. The number of thiophene rings is 1. The molecule has 0 radical (unpaired) electrons. The Labute approximate surface area is 145 Å². The van der Waals surface area contributed by atoms with E-state index in [0.29, 0.717) is 16.0 Å². The minimum Gasteiger partial charge on any atom is -0.315 e. The Bertz CT molecular complexity index is 737. The van der Waals surface area contributed by atoms with Gasteiger partial charge in [0.1, 0.15) is 4.90 Å². The van der Waals surface area contributed by atoms with Crippen LogP contribution in [0, 0.1) is 6.92 Å². The zero-order chi connectivity index (χ0) is 15.6. The number of nitrogens with one attached hydrogen (secondary N) is 2. The summed E-state index contributed by atoms with van der Waals surface area (Å²) in [6, 6.07) is 7.12. The van der Waals surface area contributed by atoms with E-state index in [4.69, 9.17) is 0 Å². The molecule has 0 saturated carbocycles. The van der Waals surface area contributed by atoms with Crippen molar-refractivity contribution < 1.29 is 8.42 Å². The number of hydrogen-bond acceptors (Lipinski definition) is 4. The van der Waals surface area contributed by atoms with E-state index >= 15 is 0 Å². The maximum Gasteiger partial charge on any atom is 0.263 e. The highest BCUT2D eigenvalue weighted by molar-refractivity contribution is 9.11. The fourth-order valence-corrected chi connectivity index (χ4v) is 6.19. The lowest BCUT2D eigenvalue weighted by Gasteiger charge is -2.08. The molecular weight excluding hydrogens is 440 g/mol. The van der Waals surface area contributed by atoms with Crippen molar-refractivity contribution in [2.75, 3.05) is 11.8 Å². The van der Waals surface area contributed by atoms with Crippen molar-refractivity contribution in [3.05, 3.63) is 43.0 Å². The SMILES string of the molecule is CNCc1cc(S(=O)(=O)Nc2cc(C)cc(Br)c2)c(Br)s1. The van der Waals surface area contributed by atoms with Gasteiger partial charge in [-0.2, -0.15) is 0 Å². The molecule has 1 heterocycles. The van der Waals surface area contributed by atoms with Crippen molar-refractivity contribution in [1.82, 2.24) is 5.32 Å². The molecule has 0 aliphatic rings. The summed E-state index contributed by atoms with van der Waals surface area (Å²) in [4.78, 5) is 1.21. The Kier molecular flexibility index (Phi) is 5.48. The highest BCUT2D eigenvalue weighted by atomic mass is 79.9. The molecule has 0 aliphatic carbocycles. The number of aryl methyl sites for hydroxylation is 1. The quantitative estimate of drug-likeness (QED) is 0.716. The summed E-state index contributed by atoms with van der Waals surface area (Å²) in [6.45, 7) is 2.54. The second-order valence-electron chi connectivity index (χ2n) is 4.50. The third-order valence-corrected chi connectivity index (χ3v) is 6.73. The van der Waals surface area contributed by atoms with Crippen LogP contribution in [0.25, 0.3) is 0 Å². The lowest BCUT2D eigenvalue weighted by molar-refractivity contribution is 0.601. The first-order valence-corrected chi connectivity index (χ1v) is 9.93. The van der Waals surface area contributed by atoms with Crippen molar-refractivity contribution in [2.45, 2.75) is 18.4 Å². The van der Waals surface area contributed by atoms with Gasteiger partial charge in [-0.05, 0) is 59.7 Å². The Morgan fingerprint density at radius 1 is 1.19 bits per heavy atom. The van der Waals surface area contributed by atoms with Crippen LogP contribution in [-0.2, 0) is 16.6 Å². The first-order valence-electron chi connectivity index (χ1n) is 6.04. The van der Waals surface area contributed by atoms with Crippen LogP contribution in [-0.4, -0.2) is 15.5 Å². The van der Waals surface area contributed by atoms with Gasteiger partial charge >= 0.3 is 0 Å². The van der Waals surface area contributed by atoms with Crippen LogP contribution in [0.4, 0.5) is 5.69 Å². The number of anilines is 1. The first kappa shape index (κ1) is 17.0. The number of hydrogen-bond donors (Lipinski definition) is 2. The molecule has 21 heavy (non-hydrogen) atoms. The second kappa shape index (κ2) is 6.78. The smallest absolute Gasteiger partial charge is 0.263 e.